The SMILES string of the molecule is Cc1ccc(C(C)(C)C)cc1C1(O)CCC1. The van der Waals surface area contributed by atoms with Crippen molar-refractivity contribution in [2.75, 3.05) is 0 Å². The predicted octanol–water partition coefficient (Wildman–Crippen LogP) is 3.66. The van der Waals surface area contributed by atoms with Crippen LogP contribution in [0.25, 0.3) is 0 Å². The van der Waals surface area contributed by atoms with E-state index in [4.69, 9.17) is 0 Å². The van der Waals surface area contributed by atoms with E-state index < -0.39 is 5.60 Å². The fourth-order valence-corrected chi connectivity index (χ4v) is 2.37. The van der Waals surface area contributed by atoms with Crippen molar-refractivity contribution >= 4 is 0 Å². The van der Waals surface area contributed by atoms with Gasteiger partial charge in [0, 0.05) is 0 Å². The Morgan fingerprint density at radius 3 is 2.25 bits per heavy atom. The summed E-state index contributed by atoms with van der Waals surface area (Å²) in [6, 6.07) is 6.53. The van der Waals surface area contributed by atoms with Crippen molar-refractivity contribution < 1.29 is 5.11 Å². The Hall–Kier alpha value is -0.820. The number of aliphatic hydroxyl groups is 1. The van der Waals surface area contributed by atoms with E-state index in [1.54, 1.807) is 0 Å². The average Bonchev–Trinajstić information content (AvgIpc) is 2.13. The first-order valence-corrected chi connectivity index (χ1v) is 6.17. The molecule has 0 saturated heterocycles. The molecule has 1 aromatic carbocycles. The number of rotatable bonds is 1. The molecule has 1 aliphatic carbocycles. The maximum Gasteiger partial charge on any atom is 0.0899 e. The Labute approximate surface area is 98.5 Å². The molecule has 1 nitrogen and oxygen atoms in total. The zero-order valence-corrected chi connectivity index (χ0v) is 10.8. The van der Waals surface area contributed by atoms with Crippen molar-refractivity contribution in [2.24, 2.45) is 0 Å². The minimum Gasteiger partial charge on any atom is -0.385 e. The number of hydrogen-bond donors (Lipinski definition) is 1. The van der Waals surface area contributed by atoms with Crippen molar-refractivity contribution in [3.63, 3.8) is 0 Å². The van der Waals surface area contributed by atoms with Gasteiger partial charge in [-0.3, -0.25) is 0 Å². The standard InChI is InChI=1S/C15H22O/c1-11-6-7-12(14(2,3)4)10-13(11)15(16)8-5-9-15/h6-7,10,16H,5,8-9H2,1-4H3. The highest BCUT2D eigenvalue weighted by atomic mass is 16.3. The van der Waals surface area contributed by atoms with Gasteiger partial charge in [0.2, 0.25) is 0 Å². The predicted molar refractivity (Wildman–Crippen MR) is 67.6 cm³/mol. The lowest BCUT2D eigenvalue weighted by molar-refractivity contribution is -0.0394. The normalized spacial score (nSPS) is 19.3. The van der Waals surface area contributed by atoms with Gasteiger partial charge in [0.1, 0.15) is 0 Å². The molecule has 0 atom stereocenters. The highest BCUT2D eigenvalue weighted by Crippen LogP contribution is 2.43. The van der Waals surface area contributed by atoms with Gasteiger partial charge in [0.05, 0.1) is 5.60 Å². The quantitative estimate of drug-likeness (QED) is 0.762. The average molecular weight is 218 g/mol. The van der Waals surface area contributed by atoms with Crippen molar-refractivity contribution in [3.8, 4) is 0 Å². The zero-order valence-electron chi connectivity index (χ0n) is 10.8. The summed E-state index contributed by atoms with van der Waals surface area (Å²) in [5, 5.41) is 10.5. The van der Waals surface area contributed by atoms with Crippen molar-refractivity contribution in [2.45, 2.75) is 58.0 Å². The lowest BCUT2D eigenvalue weighted by atomic mass is 9.72. The van der Waals surface area contributed by atoms with Gasteiger partial charge in [-0.25, -0.2) is 0 Å². The Morgan fingerprint density at radius 2 is 1.81 bits per heavy atom. The van der Waals surface area contributed by atoms with E-state index in [0.717, 1.165) is 24.8 Å². The minimum atomic E-state index is -0.536. The van der Waals surface area contributed by atoms with E-state index in [1.165, 1.54) is 11.1 Å². The Morgan fingerprint density at radius 1 is 1.19 bits per heavy atom. The summed E-state index contributed by atoms with van der Waals surface area (Å²) in [5.41, 5.74) is 3.29. The molecule has 0 bridgehead atoms. The van der Waals surface area contributed by atoms with Crippen LogP contribution < -0.4 is 0 Å². The molecule has 0 amide bonds. The van der Waals surface area contributed by atoms with Gasteiger partial charge >= 0.3 is 0 Å². The van der Waals surface area contributed by atoms with Crippen LogP contribution in [-0.2, 0) is 11.0 Å². The molecule has 1 heteroatoms. The third-order valence-electron chi connectivity index (χ3n) is 3.79. The van der Waals surface area contributed by atoms with Gasteiger partial charge in [-0.15, -0.1) is 0 Å². The maximum atomic E-state index is 10.5. The van der Waals surface area contributed by atoms with Crippen LogP contribution in [0.1, 0.15) is 56.7 Å². The molecule has 88 valence electrons. The third-order valence-corrected chi connectivity index (χ3v) is 3.79. The highest BCUT2D eigenvalue weighted by molar-refractivity contribution is 5.39. The number of benzene rings is 1. The molecule has 0 spiro atoms. The monoisotopic (exact) mass is 218 g/mol. The first-order valence-electron chi connectivity index (χ1n) is 6.17. The summed E-state index contributed by atoms with van der Waals surface area (Å²) in [6.45, 7) is 8.74. The summed E-state index contributed by atoms with van der Waals surface area (Å²) < 4.78 is 0. The molecule has 0 aliphatic heterocycles. The van der Waals surface area contributed by atoms with Gasteiger partial charge in [0.15, 0.2) is 0 Å². The lowest BCUT2D eigenvalue weighted by Gasteiger charge is -2.39. The third kappa shape index (κ3) is 1.89. The number of hydrogen-bond acceptors (Lipinski definition) is 1. The zero-order chi connectivity index (χ0) is 12.0. The number of aryl methyl sites for hydroxylation is 1. The van der Waals surface area contributed by atoms with Gasteiger partial charge < -0.3 is 5.11 Å². The molecule has 2 rings (SSSR count). The molecule has 1 fully saturated rings. The molecule has 0 unspecified atom stereocenters. The van der Waals surface area contributed by atoms with Gasteiger partial charge in [-0.1, -0.05) is 39.0 Å². The Kier molecular flexibility index (Phi) is 2.62. The first kappa shape index (κ1) is 11.7. The molecule has 1 N–H and O–H groups in total. The molecule has 1 aliphatic rings. The summed E-state index contributed by atoms with van der Waals surface area (Å²) in [7, 11) is 0. The summed E-state index contributed by atoms with van der Waals surface area (Å²) in [5.74, 6) is 0. The van der Waals surface area contributed by atoms with E-state index >= 15 is 0 Å². The second kappa shape index (κ2) is 3.59. The fraction of sp³-hybridized carbons (Fsp3) is 0.600. The first-order chi connectivity index (χ1) is 7.33. The van der Waals surface area contributed by atoms with Gasteiger partial charge in [0.25, 0.3) is 0 Å². The van der Waals surface area contributed by atoms with E-state index in [2.05, 4.69) is 45.9 Å². The summed E-state index contributed by atoms with van der Waals surface area (Å²) in [4.78, 5) is 0. The van der Waals surface area contributed by atoms with Crippen LogP contribution in [0.3, 0.4) is 0 Å². The molecule has 1 aromatic rings. The topological polar surface area (TPSA) is 20.2 Å². The molecular weight excluding hydrogens is 196 g/mol. The van der Waals surface area contributed by atoms with Crippen LogP contribution in [0.5, 0.6) is 0 Å². The van der Waals surface area contributed by atoms with Crippen molar-refractivity contribution in [1.29, 1.82) is 0 Å². The van der Waals surface area contributed by atoms with Crippen molar-refractivity contribution in [3.05, 3.63) is 34.9 Å². The molecule has 0 aromatic heterocycles. The van der Waals surface area contributed by atoms with E-state index in [-0.39, 0.29) is 5.41 Å². The molecule has 0 radical (unpaired) electrons. The Balaban J connectivity index is 2.45. The van der Waals surface area contributed by atoms with Crippen LogP contribution >= 0.6 is 0 Å². The molecule has 16 heavy (non-hydrogen) atoms. The van der Waals surface area contributed by atoms with E-state index in [0.29, 0.717) is 0 Å². The van der Waals surface area contributed by atoms with Crippen molar-refractivity contribution in [1.82, 2.24) is 0 Å². The van der Waals surface area contributed by atoms with Crippen LogP contribution in [0.4, 0.5) is 0 Å². The second-order valence-electron chi connectivity index (χ2n) is 6.16. The largest absolute Gasteiger partial charge is 0.385 e. The van der Waals surface area contributed by atoms with Crippen LogP contribution in [0.2, 0.25) is 0 Å². The molecule has 0 heterocycles. The molecule has 1 saturated carbocycles. The van der Waals surface area contributed by atoms with Crippen LogP contribution in [0.15, 0.2) is 18.2 Å². The summed E-state index contributed by atoms with van der Waals surface area (Å²) >= 11 is 0. The maximum absolute atomic E-state index is 10.5. The lowest BCUT2D eigenvalue weighted by Crippen LogP contribution is -2.34. The second-order valence-corrected chi connectivity index (χ2v) is 6.16. The van der Waals surface area contributed by atoms with E-state index in [9.17, 15) is 5.11 Å². The Bertz CT molecular complexity index is 394. The molecular formula is C15H22O. The van der Waals surface area contributed by atoms with Gasteiger partial charge in [-0.2, -0.15) is 0 Å². The summed E-state index contributed by atoms with van der Waals surface area (Å²) in [6.07, 6.45) is 2.98. The van der Waals surface area contributed by atoms with Crippen LogP contribution in [-0.4, -0.2) is 5.11 Å². The van der Waals surface area contributed by atoms with Gasteiger partial charge in [-0.05, 0) is 48.3 Å². The fourth-order valence-electron chi connectivity index (χ4n) is 2.37. The van der Waals surface area contributed by atoms with E-state index in [1.807, 2.05) is 0 Å². The highest BCUT2D eigenvalue weighted by Gasteiger charge is 2.37. The smallest absolute Gasteiger partial charge is 0.0899 e. The minimum absolute atomic E-state index is 0.155. The van der Waals surface area contributed by atoms with Crippen LogP contribution in [0, 0.1) is 6.92 Å².